The molecule has 0 saturated heterocycles. The molecule has 2 heteroatoms. The van der Waals surface area contributed by atoms with E-state index in [1.165, 1.54) is 32.1 Å². The molecule has 0 aliphatic rings. The van der Waals surface area contributed by atoms with Gasteiger partial charge in [-0.05, 0) is 6.42 Å². The molecule has 0 atom stereocenters. The largest absolute Gasteiger partial charge is 0.372 e. The summed E-state index contributed by atoms with van der Waals surface area (Å²) >= 11 is 0. The molecule has 0 N–H and O–H groups in total. The van der Waals surface area contributed by atoms with Crippen molar-refractivity contribution < 1.29 is 9.53 Å². The molecule has 0 aliphatic carbocycles. The van der Waals surface area contributed by atoms with Gasteiger partial charge in [0.2, 0.25) is 0 Å². The average Bonchev–Trinajstić information content (AvgIpc) is 2.28. The monoisotopic (exact) mass is 224 g/mol. The number of rotatable bonds is 8. The van der Waals surface area contributed by atoms with Crippen molar-refractivity contribution in [3.8, 4) is 12.0 Å². The zero-order valence-corrected chi connectivity index (χ0v) is 10.7. The maximum absolute atomic E-state index is 11.1. The van der Waals surface area contributed by atoms with E-state index in [0.717, 1.165) is 19.3 Å². The second-order valence-corrected chi connectivity index (χ2v) is 3.98. The van der Waals surface area contributed by atoms with E-state index in [9.17, 15) is 4.79 Å². The van der Waals surface area contributed by atoms with Crippen LogP contribution >= 0.6 is 0 Å². The summed E-state index contributed by atoms with van der Waals surface area (Å²) in [7, 11) is 0. The minimum atomic E-state index is -0.186. The third-order valence-electron chi connectivity index (χ3n) is 2.40. The number of unbranched alkanes of at least 4 members (excludes halogenated alkanes) is 6. The topological polar surface area (TPSA) is 26.3 Å². The molecule has 16 heavy (non-hydrogen) atoms. The Morgan fingerprint density at radius 3 is 2.25 bits per heavy atom. The quantitative estimate of drug-likeness (QED) is 0.353. The first-order chi connectivity index (χ1) is 7.81. The van der Waals surface area contributed by atoms with E-state index in [2.05, 4.69) is 19.0 Å². The molecule has 0 fully saturated rings. The molecule has 0 radical (unpaired) electrons. The molecule has 0 unspecified atom stereocenters. The summed E-state index contributed by atoms with van der Waals surface area (Å²) < 4.78 is 4.73. The summed E-state index contributed by atoms with van der Waals surface area (Å²) in [5.74, 6) is 2.53. The smallest absolute Gasteiger partial charge is 0.319 e. The van der Waals surface area contributed by atoms with Gasteiger partial charge in [0, 0.05) is 12.8 Å². The molecule has 2 nitrogen and oxygen atoms in total. The van der Waals surface area contributed by atoms with Gasteiger partial charge in [0.05, 0.1) is 0 Å². The van der Waals surface area contributed by atoms with Crippen LogP contribution in [-0.4, -0.2) is 5.97 Å². The molecule has 0 heterocycles. The van der Waals surface area contributed by atoms with E-state index < -0.39 is 0 Å². The van der Waals surface area contributed by atoms with Gasteiger partial charge in [0.1, 0.15) is 6.11 Å². The van der Waals surface area contributed by atoms with E-state index in [-0.39, 0.29) is 5.97 Å². The van der Waals surface area contributed by atoms with Gasteiger partial charge in [-0.25, -0.2) is 0 Å². The fourth-order valence-corrected chi connectivity index (χ4v) is 1.44. The van der Waals surface area contributed by atoms with Crippen molar-refractivity contribution in [1.29, 1.82) is 0 Å². The number of hydrogen-bond acceptors (Lipinski definition) is 2. The van der Waals surface area contributed by atoms with Crippen LogP contribution in [0, 0.1) is 12.0 Å². The molecule has 0 aromatic carbocycles. The average molecular weight is 224 g/mol. The van der Waals surface area contributed by atoms with Crippen molar-refractivity contribution in [2.24, 2.45) is 0 Å². The number of carbonyl (C=O) groups excluding carboxylic acids is 1. The maximum atomic E-state index is 11.1. The van der Waals surface area contributed by atoms with E-state index >= 15 is 0 Å². The lowest BCUT2D eigenvalue weighted by molar-refractivity contribution is -0.136. The lowest BCUT2D eigenvalue weighted by Gasteiger charge is -1.99. The Morgan fingerprint density at radius 2 is 1.62 bits per heavy atom. The molecule has 92 valence electrons. The Kier molecular flexibility index (Phi) is 11.4. The van der Waals surface area contributed by atoms with Crippen LogP contribution in [0.5, 0.6) is 0 Å². The molecule has 0 amide bonds. The second-order valence-electron chi connectivity index (χ2n) is 3.98. The van der Waals surface area contributed by atoms with Gasteiger partial charge in [0.15, 0.2) is 0 Å². The van der Waals surface area contributed by atoms with Crippen molar-refractivity contribution in [2.75, 3.05) is 0 Å². The Labute approximate surface area is 99.8 Å². The molecule has 0 spiro atoms. The zero-order valence-electron chi connectivity index (χ0n) is 10.7. The van der Waals surface area contributed by atoms with E-state index in [1.807, 2.05) is 6.92 Å². The summed E-state index contributed by atoms with van der Waals surface area (Å²) in [5, 5.41) is 0. The van der Waals surface area contributed by atoms with Crippen LogP contribution in [-0.2, 0) is 9.53 Å². The summed E-state index contributed by atoms with van der Waals surface area (Å²) in [4.78, 5) is 11.1. The minimum absolute atomic E-state index is 0.186. The number of ether oxygens (including phenoxy) is 1. The van der Waals surface area contributed by atoms with Crippen molar-refractivity contribution in [2.45, 2.75) is 71.6 Å². The first-order valence-electron chi connectivity index (χ1n) is 6.48. The van der Waals surface area contributed by atoms with Crippen LogP contribution in [0.3, 0.4) is 0 Å². The van der Waals surface area contributed by atoms with Crippen LogP contribution < -0.4 is 0 Å². The Hall–Kier alpha value is -0.970. The SMILES string of the molecule is CCC#COC(=O)CCCCCCCCC. The van der Waals surface area contributed by atoms with Gasteiger partial charge in [-0.3, -0.25) is 4.79 Å². The van der Waals surface area contributed by atoms with Gasteiger partial charge in [-0.2, -0.15) is 0 Å². The highest BCUT2D eigenvalue weighted by atomic mass is 16.5. The summed E-state index contributed by atoms with van der Waals surface area (Å²) in [5.41, 5.74) is 0. The van der Waals surface area contributed by atoms with Crippen LogP contribution in [0.4, 0.5) is 0 Å². The zero-order chi connectivity index (χ0) is 12.1. The third kappa shape index (κ3) is 11.1. The molecule has 0 aromatic heterocycles. The standard InChI is InChI=1S/C14H24O2/c1-3-5-7-8-9-10-11-12-14(15)16-13-6-4-2/h3-5,7-12H2,1-2H3. The highest BCUT2D eigenvalue weighted by molar-refractivity contribution is 5.70. The number of esters is 1. The third-order valence-corrected chi connectivity index (χ3v) is 2.40. The Morgan fingerprint density at radius 1 is 1.00 bits per heavy atom. The van der Waals surface area contributed by atoms with Crippen LogP contribution in [0.25, 0.3) is 0 Å². The predicted octanol–water partition coefficient (Wildman–Crippen LogP) is 4.04. The lowest BCUT2D eigenvalue weighted by Crippen LogP contribution is -1.99. The molecule has 0 aromatic rings. The Bertz CT molecular complexity index is 223. The van der Waals surface area contributed by atoms with Crippen molar-refractivity contribution in [3.05, 3.63) is 0 Å². The molecule has 0 aliphatic heterocycles. The number of carbonyl (C=O) groups is 1. The van der Waals surface area contributed by atoms with Crippen LogP contribution in [0.2, 0.25) is 0 Å². The predicted molar refractivity (Wildman–Crippen MR) is 66.8 cm³/mol. The van der Waals surface area contributed by atoms with Gasteiger partial charge in [-0.15, -0.1) is 0 Å². The Balaban J connectivity index is 3.21. The van der Waals surface area contributed by atoms with Crippen molar-refractivity contribution in [1.82, 2.24) is 0 Å². The minimum Gasteiger partial charge on any atom is -0.372 e. The summed E-state index contributed by atoms with van der Waals surface area (Å²) in [6.07, 6.45) is 12.1. The van der Waals surface area contributed by atoms with Crippen LogP contribution in [0.1, 0.15) is 71.6 Å². The normalized spacial score (nSPS) is 9.38. The molecule has 0 bridgehead atoms. The number of hydrogen-bond donors (Lipinski definition) is 0. The maximum Gasteiger partial charge on any atom is 0.319 e. The van der Waals surface area contributed by atoms with E-state index in [4.69, 9.17) is 4.74 Å². The van der Waals surface area contributed by atoms with Crippen LogP contribution in [0.15, 0.2) is 0 Å². The summed E-state index contributed by atoms with van der Waals surface area (Å²) in [6.45, 7) is 4.14. The fraction of sp³-hybridized carbons (Fsp3) is 0.786. The molecule has 0 rings (SSSR count). The van der Waals surface area contributed by atoms with E-state index in [1.54, 1.807) is 0 Å². The van der Waals surface area contributed by atoms with Gasteiger partial charge in [0.25, 0.3) is 0 Å². The van der Waals surface area contributed by atoms with Crippen molar-refractivity contribution in [3.63, 3.8) is 0 Å². The molecule has 0 saturated carbocycles. The fourth-order valence-electron chi connectivity index (χ4n) is 1.44. The van der Waals surface area contributed by atoms with Gasteiger partial charge >= 0.3 is 5.97 Å². The van der Waals surface area contributed by atoms with Gasteiger partial charge < -0.3 is 4.74 Å². The summed E-state index contributed by atoms with van der Waals surface area (Å²) in [6, 6.07) is 0. The highest BCUT2D eigenvalue weighted by Gasteiger charge is 2.00. The lowest BCUT2D eigenvalue weighted by atomic mass is 10.1. The van der Waals surface area contributed by atoms with E-state index in [0.29, 0.717) is 6.42 Å². The highest BCUT2D eigenvalue weighted by Crippen LogP contribution is 2.08. The van der Waals surface area contributed by atoms with Gasteiger partial charge in [-0.1, -0.05) is 58.3 Å². The first kappa shape index (κ1) is 15.0. The molecular weight excluding hydrogens is 200 g/mol. The first-order valence-corrected chi connectivity index (χ1v) is 6.48. The molecular formula is C14H24O2. The van der Waals surface area contributed by atoms with Crippen molar-refractivity contribution >= 4 is 5.97 Å². The second kappa shape index (κ2) is 12.1.